The van der Waals surface area contributed by atoms with E-state index in [0.29, 0.717) is 24.4 Å². The van der Waals surface area contributed by atoms with Crippen LogP contribution in [0.4, 0.5) is 0 Å². The number of aliphatic hydroxyl groups is 2. The molecule has 1 aromatic carbocycles. The average Bonchev–Trinajstić information content (AvgIpc) is 2.88. The highest BCUT2D eigenvalue weighted by molar-refractivity contribution is 6.30. The topological polar surface area (TPSA) is 78.3 Å². The average molecular weight is 362 g/mol. The maximum atomic E-state index is 10.3. The van der Waals surface area contributed by atoms with E-state index in [-0.39, 0.29) is 24.5 Å². The second-order valence-corrected chi connectivity index (χ2v) is 7.17. The number of nitrogens with zero attached hydrogens (tertiary/aromatic N) is 2. The Morgan fingerprint density at radius 2 is 2.12 bits per heavy atom. The molecule has 134 valence electrons. The van der Waals surface area contributed by atoms with Gasteiger partial charge in [-0.2, -0.15) is 0 Å². The predicted molar refractivity (Wildman–Crippen MR) is 97.2 cm³/mol. The summed E-state index contributed by atoms with van der Waals surface area (Å²) in [7, 11) is 0. The lowest BCUT2D eigenvalue weighted by molar-refractivity contribution is 0.0716. The minimum Gasteiger partial charge on any atom is -0.396 e. The van der Waals surface area contributed by atoms with Crippen molar-refractivity contribution < 1.29 is 10.2 Å². The first-order chi connectivity index (χ1) is 12.1. The smallest absolute Gasteiger partial charge is 0.125 e. The molecule has 3 N–H and O–H groups in total. The molecule has 0 saturated heterocycles. The Balaban J connectivity index is 1.71. The second kappa shape index (κ2) is 8.23. The van der Waals surface area contributed by atoms with Gasteiger partial charge in [0.2, 0.25) is 0 Å². The van der Waals surface area contributed by atoms with E-state index in [1.165, 1.54) is 0 Å². The monoisotopic (exact) mass is 361 g/mol. The van der Waals surface area contributed by atoms with Crippen LogP contribution in [-0.4, -0.2) is 38.9 Å². The summed E-state index contributed by atoms with van der Waals surface area (Å²) < 4.78 is 0. The molecule has 0 aliphatic heterocycles. The SMILES string of the molecule is Cc1nccc(CC2C(NCc3cccc(Cl)c3)CC(O)C2CO)n1. The molecule has 1 heterocycles. The lowest BCUT2D eigenvalue weighted by Gasteiger charge is -2.25. The van der Waals surface area contributed by atoms with Crippen molar-refractivity contribution in [1.29, 1.82) is 0 Å². The third kappa shape index (κ3) is 4.55. The van der Waals surface area contributed by atoms with Gasteiger partial charge in [-0.1, -0.05) is 23.7 Å². The van der Waals surface area contributed by atoms with Gasteiger partial charge >= 0.3 is 0 Å². The summed E-state index contributed by atoms with van der Waals surface area (Å²) in [4.78, 5) is 8.61. The van der Waals surface area contributed by atoms with E-state index >= 15 is 0 Å². The fourth-order valence-corrected chi connectivity index (χ4v) is 3.95. The van der Waals surface area contributed by atoms with Gasteiger partial charge in [-0.05, 0) is 49.4 Å². The number of aromatic nitrogens is 2. The Bertz CT molecular complexity index is 713. The molecule has 1 fully saturated rings. The zero-order chi connectivity index (χ0) is 17.8. The molecule has 3 rings (SSSR count). The minimum absolute atomic E-state index is 0.0226. The number of nitrogens with one attached hydrogen (secondary N) is 1. The Hall–Kier alpha value is -1.53. The molecule has 4 atom stereocenters. The van der Waals surface area contributed by atoms with Crippen LogP contribution in [0.3, 0.4) is 0 Å². The van der Waals surface area contributed by atoms with Gasteiger partial charge in [-0.3, -0.25) is 0 Å². The largest absolute Gasteiger partial charge is 0.396 e. The molecule has 0 spiro atoms. The Labute approximate surface area is 153 Å². The highest BCUT2D eigenvalue weighted by Gasteiger charge is 2.41. The Morgan fingerprint density at radius 3 is 2.84 bits per heavy atom. The van der Waals surface area contributed by atoms with Crippen LogP contribution in [-0.2, 0) is 13.0 Å². The molecule has 1 aromatic heterocycles. The van der Waals surface area contributed by atoms with E-state index in [2.05, 4.69) is 15.3 Å². The van der Waals surface area contributed by atoms with Crippen molar-refractivity contribution in [1.82, 2.24) is 15.3 Å². The quantitative estimate of drug-likeness (QED) is 0.734. The summed E-state index contributed by atoms with van der Waals surface area (Å²) in [6.07, 6.45) is 2.58. The first-order valence-electron chi connectivity index (χ1n) is 8.62. The molecule has 5 nitrogen and oxygen atoms in total. The third-order valence-corrected chi connectivity index (χ3v) is 5.24. The summed E-state index contributed by atoms with van der Waals surface area (Å²) >= 11 is 6.04. The van der Waals surface area contributed by atoms with E-state index < -0.39 is 6.10 Å². The molecule has 0 amide bonds. The predicted octanol–water partition coefficient (Wildman–Crippen LogP) is 2.13. The molecule has 4 unspecified atom stereocenters. The van der Waals surface area contributed by atoms with Gasteiger partial charge in [0.1, 0.15) is 5.82 Å². The molecule has 0 bridgehead atoms. The van der Waals surface area contributed by atoms with E-state index in [9.17, 15) is 10.2 Å². The molecule has 6 heteroatoms. The van der Waals surface area contributed by atoms with Gasteiger partial charge in [0.25, 0.3) is 0 Å². The van der Waals surface area contributed by atoms with Crippen LogP contribution in [0, 0.1) is 18.8 Å². The number of aryl methyl sites for hydroxylation is 1. The molecule has 1 aliphatic carbocycles. The van der Waals surface area contributed by atoms with Crippen molar-refractivity contribution in [3.05, 3.63) is 58.6 Å². The molecule has 0 radical (unpaired) electrons. The third-order valence-electron chi connectivity index (χ3n) is 5.00. The van der Waals surface area contributed by atoms with Crippen molar-refractivity contribution in [2.24, 2.45) is 11.8 Å². The second-order valence-electron chi connectivity index (χ2n) is 6.73. The van der Waals surface area contributed by atoms with E-state index in [4.69, 9.17) is 11.6 Å². The summed E-state index contributed by atoms with van der Waals surface area (Å²) in [5, 5.41) is 24.3. The van der Waals surface area contributed by atoms with Gasteiger partial charge in [-0.15, -0.1) is 0 Å². The van der Waals surface area contributed by atoms with Crippen LogP contribution in [0.5, 0.6) is 0 Å². The molecule has 1 aliphatic rings. The fraction of sp³-hybridized carbons (Fsp3) is 0.474. The molecular formula is C19H24ClN3O2. The van der Waals surface area contributed by atoms with Crippen LogP contribution in [0.2, 0.25) is 5.02 Å². The summed E-state index contributed by atoms with van der Waals surface area (Å²) in [6.45, 7) is 2.52. The number of aliphatic hydroxyl groups excluding tert-OH is 2. The highest BCUT2D eigenvalue weighted by Crippen LogP contribution is 2.34. The first kappa shape index (κ1) is 18.3. The number of benzene rings is 1. The van der Waals surface area contributed by atoms with Crippen molar-refractivity contribution in [3.8, 4) is 0 Å². The van der Waals surface area contributed by atoms with Crippen LogP contribution < -0.4 is 5.32 Å². The lowest BCUT2D eigenvalue weighted by Crippen LogP contribution is -2.36. The number of halogens is 1. The minimum atomic E-state index is -0.505. The number of hydrogen-bond acceptors (Lipinski definition) is 5. The Morgan fingerprint density at radius 1 is 1.28 bits per heavy atom. The van der Waals surface area contributed by atoms with Gasteiger partial charge in [0.05, 0.1) is 6.10 Å². The van der Waals surface area contributed by atoms with Gasteiger partial charge in [0, 0.05) is 42.0 Å². The maximum Gasteiger partial charge on any atom is 0.125 e. The molecule has 2 aromatic rings. The van der Waals surface area contributed by atoms with E-state index in [1.54, 1.807) is 6.20 Å². The summed E-state index contributed by atoms with van der Waals surface area (Å²) in [6, 6.07) is 9.76. The number of hydrogen-bond donors (Lipinski definition) is 3. The zero-order valence-electron chi connectivity index (χ0n) is 14.3. The van der Waals surface area contributed by atoms with E-state index in [0.717, 1.165) is 17.1 Å². The lowest BCUT2D eigenvalue weighted by atomic mass is 9.88. The maximum absolute atomic E-state index is 10.3. The Kier molecular flexibility index (Phi) is 6.02. The zero-order valence-corrected chi connectivity index (χ0v) is 15.0. The molecule has 1 saturated carbocycles. The van der Waals surface area contributed by atoms with Crippen LogP contribution in [0.1, 0.15) is 23.5 Å². The van der Waals surface area contributed by atoms with Crippen molar-refractivity contribution in [3.63, 3.8) is 0 Å². The van der Waals surface area contributed by atoms with Gasteiger partial charge in [0.15, 0.2) is 0 Å². The number of rotatable bonds is 6. The van der Waals surface area contributed by atoms with Gasteiger partial charge < -0.3 is 15.5 Å². The molecular weight excluding hydrogens is 338 g/mol. The highest BCUT2D eigenvalue weighted by atomic mass is 35.5. The fourth-order valence-electron chi connectivity index (χ4n) is 3.74. The van der Waals surface area contributed by atoms with Crippen molar-refractivity contribution in [2.45, 2.75) is 38.5 Å². The standard InChI is InChI=1S/C19H24ClN3O2/c1-12-21-6-5-15(23-12)8-16-17(11-24)19(25)9-18(16)22-10-13-3-2-4-14(20)7-13/h2-7,16-19,22,24-25H,8-11H2,1H3. The van der Waals surface area contributed by atoms with Crippen molar-refractivity contribution >= 4 is 11.6 Å². The van der Waals surface area contributed by atoms with Crippen molar-refractivity contribution in [2.75, 3.05) is 6.61 Å². The summed E-state index contributed by atoms with van der Waals surface area (Å²) in [5.74, 6) is 0.709. The van der Waals surface area contributed by atoms with Gasteiger partial charge in [-0.25, -0.2) is 9.97 Å². The van der Waals surface area contributed by atoms with Crippen LogP contribution in [0.15, 0.2) is 36.5 Å². The summed E-state index contributed by atoms with van der Waals surface area (Å²) in [5.41, 5.74) is 2.05. The first-order valence-corrected chi connectivity index (χ1v) is 9.00. The normalized spacial score (nSPS) is 26.1. The van der Waals surface area contributed by atoms with Crippen LogP contribution >= 0.6 is 11.6 Å². The van der Waals surface area contributed by atoms with E-state index in [1.807, 2.05) is 37.3 Å². The molecule has 25 heavy (non-hydrogen) atoms. The van der Waals surface area contributed by atoms with Crippen LogP contribution in [0.25, 0.3) is 0 Å².